The molecule has 0 spiro atoms. The Kier molecular flexibility index (Phi) is 7.82. The van der Waals surface area contributed by atoms with Crippen LogP contribution in [0.3, 0.4) is 0 Å². The van der Waals surface area contributed by atoms with E-state index in [2.05, 4.69) is 15.6 Å². The molecule has 1 aromatic carbocycles. The Morgan fingerprint density at radius 2 is 1.83 bits per heavy atom. The summed E-state index contributed by atoms with van der Waals surface area (Å²) in [6, 6.07) is 6.47. The van der Waals surface area contributed by atoms with E-state index in [0.29, 0.717) is 33.3 Å². The number of carbonyl (C=O) groups excluding carboxylic acids is 2. The molecule has 0 aliphatic rings. The second-order valence-electron chi connectivity index (χ2n) is 6.40. The number of carbonyl (C=O) groups is 2. The molecule has 29 heavy (non-hydrogen) atoms. The lowest BCUT2D eigenvalue weighted by Crippen LogP contribution is -2.34. The maximum Gasteiger partial charge on any atom is 0.266 e. The Morgan fingerprint density at radius 1 is 1.14 bits per heavy atom. The molecular formula is C20H20Cl2N4O3. The monoisotopic (exact) mass is 434 g/mol. The number of benzene rings is 1. The van der Waals surface area contributed by atoms with Gasteiger partial charge in [-0.2, -0.15) is 5.26 Å². The van der Waals surface area contributed by atoms with Gasteiger partial charge in [-0.05, 0) is 49.6 Å². The van der Waals surface area contributed by atoms with Crippen molar-refractivity contribution in [2.75, 3.05) is 13.1 Å². The zero-order chi connectivity index (χ0) is 21.6. The van der Waals surface area contributed by atoms with Gasteiger partial charge in [0.05, 0.1) is 10.0 Å². The number of rotatable bonds is 7. The van der Waals surface area contributed by atoms with Gasteiger partial charge in [0.25, 0.3) is 11.5 Å². The molecule has 0 saturated carbocycles. The molecule has 0 bridgehead atoms. The summed E-state index contributed by atoms with van der Waals surface area (Å²) < 4.78 is 0. The third-order valence-corrected chi connectivity index (χ3v) is 5.18. The fourth-order valence-corrected chi connectivity index (χ4v) is 3.16. The highest BCUT2D eigenvalue weighted by molar-refractivity contribution is 6.42. The van der Waals surface area contributed by atoms with Gasteiger partial charge in [0, 0.05) is 30.8 Å². The first-order valence-electron chi connectivity index (χ1n) is 8.87. The Balaban J connectivity index is 1.81. The number of amides is 2. The molecule has 2 rings (SSSR count). The van der Waals surface area contributed by atoms with Crippen LogP contribution in [-0.2, 0) is 11.2 Å². The maximum absolute atomic E-state index is 12.1. The number of hydrogen-bond donors (Lipinski definition) is 3. The molecule has 2 amide bonds. The summed E-state index contributed by atoms with van der Waals surface area (Å²) in [6.07, 6.45) is 0.587. The van der Waals surface area contributed by atoms with Gasteiger partial charge in [-0.1, -0.05) is 23.2 Å². The molecule has 7 nitrogen and oxygen atoms in total. The molecule has 1 heterocycles. The Morgan fingerprint density at radius 3 is 2.48 bits per heavy atom. The maximum atomic E-state index is 12.1. The number of H-pyrrole nitrogens is 1. The summed E-state index contributed by atoms with van der Waals surface area (Å²) >= 11 is 11.7. The fourth-order valence-electron chi connectivity index (χ4n) is 2.86. The van der Waals surface area contributed by atoms with Crippen LogP contribution in [0.25, 0.3) is 0 Å². The van der Waals surface area contributed by atoms with E-state index in [4.69, 9.17) is 28.5 Å². The van der Waals surface area contributed by atoms with Crippen molar-refractivity contribution in [1.82, 2.24) is 15.6 Å². The van der Waals surface area contributed by atoms with Crippen LogP contribution < -0.4 is 16.2 Å². The van der Waals surface area contributed by atoms with Crippen LogP contribution in [-0.4, -0.2) is 29.9 Å². The summed E-state index contributed by atoms with van der Waals surface area (Å²) in [4.78, 5) is 38.5. The number of nitriles is 1. The number of hydrogen-bond acceptors (Lipinski definition) is 4. The normalized spacial score (nSPS) is 10.3. The van der Waals surface area contributed by atoms with Crippen LogP contribution in [0.2, 0.25) is 10.0 Å². The number of aryl methyl sites for hydroxylation is 1. The van der Waals surface area contributed by atoms with E-state index in [0.717, 1.165) is 5.56 Å². The van der Waals surface area contributed by atoms with Gasteiger partial charge < -0.3 is 15.6 Å². The SMILES string of the molecule is Cc1[nH]c(=O)c(C#N)c(C)c1CCC(=O)NCCNC(=O)c1ccc(Cl)c(Cl)c1. The van der Waals surface area contributed by atoms with Crippen molar-refractivity contribution in [3.05, 3.63) is 66.5 Å². The molecule has 0 atom stereocenters. The molecule has 2 aromatic rings. The number of aromatic amines is 1. The van der Waals surface area contributed by atoms with E-state index in [9.17, 15) is 14.4 Å². The molecule has 152 valence electrons. The van der Waals surface area contributed by atoms with Gasteiger partial charge in [0.2, 0.25) is 5.91 Å². The largest absolute Gasteiger partial charge is 0.354 e. The first kappa shape index (κ1) is 22.5. The van der Waals surface area contributed by atoms with E-state index in [1.807, 2.05) is 6.07 Å². The number of halogens is 2. The van der Waals surface area contributed by atoms with Crippen LogP contribution in [0.1, 0.15) is 39.2 Å². The van der Waals surface area contributed by atoms with Gasteiger partial charge in [-0.25, -0.2) is 0 Å². The smallest absolute Gasteiger partial charge is 0.266 e. The topological polar surface area (TPSA) is 115 Å². The van der Waals surface area contributed by atoms with Gasteiger partial charge in [0.15, 0.2) is 0 Å². The van der Waals surface area contributed by atoms with E-state index < -0.39 is 5.56 Å². The molecule has 3 N–H and O–H groups in total. The molecule has 0 unspecified atom stereocenters. The summed E-state index contributed by atoms with van der Waals surface area (Å²) in [7, 11) is 0. The van der Waals surface area contributed by atoms with Crippen molar-refractivity contribution < 1.29 is 9.59 Å². The van der Waals surface area contributed by atoms with Crippen LogP contribution in [0, 0.1) is 25.2 Å². The van der Waals surface area contributed by atoms with Gasteiger partial charge in [-0.15, -0.1) is 0 Å². The summed E-state index contributed by atoms with van der Waals surface area (Å²) in [5, 5.41) is 15.2. The van der Waals surface area contributed by atoms with Crippen molar-refractivity contribution in [2.45, 2.75) is 26.7 Å². The van der Waals surface area contributed by atoms with E-state index in [1.54, 1.807) is 26.0 Å². The van der Waals surface area contributed by atoms with Crippen LogP contribution in [0.5, 0.6) is 0 Å². The van der Waals surface area contributed by atoms with Crippen molar-refractivity contribution in [3.63, 3.8) is 0 Å². The summed E-state index contributed by atoms with van der Waals surface area (Å²) in [5.74, 6) is -0.515. The minimum absolute atomic E-state index is 0.0658. The Hall–Kier alpha value is -2.82. The molecule has 0 fully saturated rings. The van der Waals surface area contributed by atoms with Gasteiger partial charge >= 0.3 is 0 Å². The third kappa shape index (κ3) is 5.83. The van der Waals surface area contributed by atoms with Gasteiger partial charge in [-0.3, -0.25) is 14.4 Å². The highest BCUT2D eigenvalue weighted by atomic mass is 35.5. The van der Waals surface area contributed by atoms with Crippen LogP contribution in [0.15, 0.2) is 23.0 Å². The van der Waals surface area contributed by atoms with Crippen molar-refractivity contribution in [3.8, 4) is 6.07 Å². The number of nitrogens with one attached hydrogen (secondary N) is 3. The average Bonchev–Trinajstić information content (AvgIpc) is 2.67. The van der Waals surface area contributed by atoms with Gasteiger partial charge in [0.1, 0.15) is 11.6 Å². The number of nitrogens with zero attached hydrogens (tertiary/aromatic N) is 1. The van der Waals surface area contributed by atoms with Crippen molar-refractivity contribution in [1.29, 1.82) is 5.26 Å². The lowest BCUT2D eigenvalue weighted by molar-refractivity contribution is -0.121. The molecule has 0 radical (unpaired) electrons. The quantitative estimate of drug-likeness (QED) is 0.580. The fraction of sp³-hybridized carbons (Fsp3) is 0.300. The minimum atomic E-state index is -0.423. The molecule has 0 aliphatic heterocycles. The van der Waals surface area contributed by atoms with Crippen LogP contribution in [0.4, 0.5) is 0 Å². The summed E-state index contributed by atoms with van der Waals surface area (Å²) in [6.45, 7) is 3.95. The minimum Gasteiger partial charge on any atom is -0.354 e. The zero-order valence-electron chi connectivity index (χ0n) is 16.0. The van der Waals surface area contributed by atoms with E-state index in [-0.39, 0.29) is 36.9 Å². The highest BCUT2D eigenvalue weighted by Gasteiger charge is 2.13. The molecule has 0 saturated heterocycles. The second kappa shape index (κ2) is 10.1. The van der Waals surface area contributed by atoms with E-state index in [1.165, 1.54) is 6.07 Å². The van der Waals surface area contributed by atoms with Crippen molar-refractivity contribution >= 4 is 35.0 Å². The highest BCUT2D eigenvalue weighted by Crippen LogP contribution is 2.22. The van der Waals surface area contributed by atoms with E-state index >= 15 is 0 Å². The average molecular weight is 435 g/mol. The number of pyridine rings is 1. The van der Waals surface area contributed by atoms with Crippen LogP contribution >= 0.6 is 23.2 Å². The standard InChI is InChI=1S/C20H20Cl2N4O3/c1-11-14(12(2)26-20(29)15(11)10-23)4-6-18(27)24-7-8-25-19(28)13-3-5-16(21)17(22)9-13/h3,5,9H,4,6-8H2,1-2H3,(H,24,27)(H,25,28)(H,26,29). The summed E-state index contributed by atoms with van der Waals surface area (Å²) in [5.41, 5.74) is 2.04. The first-order chi connectivity index (χ1) is 13.7. The molecule has 0 aliphatic carbocycles. The lowest BCUT2D eigenvalue weighted by atomic mass is 9.99. The molecule has 1 aromatic heterocycles. The zero-order valence-corrected chi connectivity index (χ0v) is 17.5. The first-order valence-corrected chi connectivity index (χ1v) is 9.62. The predicted molar refractivity (Wildman–Crippen MR) is 111 cm³/mol. The number of aromatic nitrogens is 1. The van der Waals surface area contributed by atoms with Crippen molar-refractivity contribution in [2.24, 2.45) is 0 Å². The predicted octanol–water partition coefficient (Wildman–Crippen LogP) is 2.65. The lowest BCUT2D eigenvalue weighted by Gasteiger charge is -2.11. The molecular weight excluding hydrogens is 415 g/mol. The third-order valence-electron chi connectivity index (χ3n) is 4.44. The molecule has 9 heteroatoms. The second-order valence-corrected chi connectivity index (χ2v) is 7.22. The Labute approximate surface area is 178 Å². The Bertz CT molecular complexity index is 1040.